The van der Waals surface area contributed by atoms with Gasteiger partial charge in [-0.2, -0.15) is 0 Å². The Bertz CT molecular complexity index is 511. The van der Waals surface area contributed by atoms with Crippen molar-refractivity contribution in [3.8, 4) is 0 Å². The minimum Gasteiger partial charge on any atom is -0.411 e. The predicted molar refractivity (Wildman–Crippen MR) is 104 cm³/mol. The fourth-order valence-corrected chi connectivity index (χ4v) is 4.41. The number of epoxide rings is 1. The highest BCUT2D eigenvalue weighted by atomic mass is 28.4. The SMILES string of the molecule is CC1(C)COC(/C=C/[C@@H]2O[C@H]([C@@H]3CO3)C[C@@H]2O[Si](C)(C)C(C)(C)C)OC1. The van der Waals surface area contributed by atoms with Crippen LogP contribution in [0.4, 0.5) is 0 Å². The van der Waals surface area contributed by atoms with Crippen molar-refractivity contribution < 1.29 is 23.4 Å². The van der Waals surface area contributed by atoms with Crippen LogP contribution in [0.15, 0.2) is 12.2 Å². The lowest BCUT2D eigenvalue weighted by Crippen LogP contribution is -2.45. The molecule has 0 aromatic heterocycles. The van der Waals surface area contributed by atoms with Gasteiger partial charge < -0.3 is 23.4 Å². The van der Waals surface area contributed by atoms with Crippen molar-refractivity contribution >= 4 is 8.32 Å². The third kappa shape index (κ3) is 4.97. The Labute approximate surface area is 159 Å². The molecule has 3 rings (SSSR count). The largest absolute Gasteiger partial charge is 0.411 e. The maximum absolute atomic E-state index is 6.68. The minimum atomic E-state index is -1.86. The molecular weight excluding hydrogens is 348 g/mol. The summed E-state index contributed by atoms with van der Waals surface area (Å²) >= 11 is 0. The van der Waals surface area contributed by atoms with E-state index in [1.807, 2.05) is 6.08 Å². The Hall–Kier alpha value is -0.243. The Morgan fingerprint density at radius 2 is 1.62 bits per heavy atom. The second-order valence-corrected chi connectivity index (χ2v) is 15.0. The predicted octanol–water partition coefficient (Wildman–Crippen LogP) is 3.89. The van der Waals surface area contributed by atoms with Gasteiger partial charge in [-0.1, -0.05) is 40.7 Å². The van der Waals surface area contributed by atoms with Crippen molar-refractivity contribution in [2.24, 2.45) is 5.41 Å². The van der Waals surface area contributed by atoms with Crippen molar-refractivity contribution in [3.05, 3.63) is 12.2 Å². The number of ether oxygens (including phenoxy) is 4. The van der Waals surface area contributed by atoms with Gasteiger partial charge in [0.2, 0.25) is 0 Å². The molecule has 3 fully saturated rings. The molecule has 0 unspecified atom stereocenters. The summed E-state index contributed by atoms with van der Waals surface area (Å²) in [5.41, 5.74) is 0.0799. The molecule has 3 saturated heterocycles. The van der Waals surface area contributed by atoms with E-state index in [0.717, 1.165) is 13.0 Å². The zero-order valence-electron chi connectivity index (χ0n) is 17.4. The van der Waals surface area contributed by atoms with Crippen molar-refractivity contribution in [3.63, 3.8) is 0 Å². The molecule has 0 amide bonds. The smallest absolute Gasteiger partial charge is 0.192 e. The van der Waals surface area contributed by atoms with E-state index in [1.165, 1.54) is 0 Å². The highest BCUT2D eigenvalue weighted by molar-refractivity contribution is 6.74. The van der Waals surface area contributed by atoms with Crippen LogP contribution in [0.5, 0.6) is 0 Å². The first-order chi connectivity index (χ1) is 12.0. The summed E-state index contributed by atoms with van der Waals surface area (Å²) in [6, 6.07) is 0. The van der Waals surface area contributed by atoms with E-state index < -0.39 is 8.32 Å². The first kappa shape index (κ1) is 20.5. The second-order valence-electron chi connectivity index (χ2n) is 10.2. The van der Waals surface area contributed by atoms with Gasteiger partial charge in [-0.3, -0.25) is 0 Å². The molecule has 0 saturated carbocycles. The van der Waals surface area contributed by atoms with E-state index in [2.05, 4.69) is 53.8 Å². The molecular formula is C20H36O5Si. The van der Waals surface area contributed by atoms with Crippen molar-refractivity contribution in [2.75, 3.05) is 19.8 Å². The van der Waals surface area contributed by atoms with E-state index in [4.69, 9.17) is 23.4 Å². The molecule has 0 bridgehead atoms. The van der Waals surface area contributed by atoms with Crippen LogP contribution in [0.3, 0.4) is 0 Å². The summed E-state index contributed by atoms with van der Waals surface area (Å²) in [4.78, 5) is 0. The Balaban J connectivity index is 1.63. The molecule has 4 atom stereocenters. The first-order valence-corrected chi connectivity index (χ1v) is 12.7. The molecule has 3 aliphatic heterocycles. The van der Waals surface area contributed by atoms with Gasteiger partial charge in [-0.05, 0) is 24.2 Å². The molecule has 0 aliphatic carbocycles. The minimum absolute atomic E-state index is 0.0690. The average molecular weight is 385 g/mol. The third-order valence-corrected chi connectivity index (χ3v) is 10.4. The van der Waals surface area contributed by atoms with Gasteiger partial charge in [-0.15, -0.1) is 0 Å². The summed E-state index contributed by atoms with van der Waals surface area (Å²) in [5.74, 6) is 0. The van der Waals surface area contributed by atoms with Crippen molar-refractivity contribution in [2.45, 2.75) is 89.9 Å². The van der Waals surface area contributed by atoms with Crippen molar-refractivity contribution in [1.82, 2.24) is 0 Å². The maximum atomic E-state index is 6.68. The van der Waals surface area contributed by atoms with Crippen LogP contribution in [-0.2, 0) is 23.4 Å². The fraction of sp³-hybridized carbons (Fsp3) is 0.900. The zero-order chi connectivity index (χ0) is 19.2. The topological polar surface area (TPSA) is 49.5 Å². The van der Waals surface area contributed by atoms with E-state index in [0.29, 0.717) is 13.2 Å². The molecule has 0 radical (unpaired) electrons. The summed E-state index contributed by atoms with van der Waals surface area (Å²) in [7, 11) is -1.86. The van der Waals surface area contributed by atoms with Crippen molar-refractivity contribution in [1.29, 1.82) is 0 Å². The standard InChI is InChI=1S/C20H36O5Si/c1-19(2,3)26(6,7)25-16-10-15(17-11-21-17)24-14(16)8-9-18-22-12-20(4,5)13-23-18/h8-9,14-18H,10-13H2,1-7H3/b9-8+/t14-,15-,16-,17-/m0/s1. The molecule has 0 N–H and O–H groups in total. The third-order valence-electron chi connectivity index (χ3n) is 5.92. The first-order valence-electron chi connectivity index (χ1n) is 9.83. The van der Waals surface area contributed by atoms with Gasteiger partial charge in [0.25, 0.3) is 0 Å². The van der Waals surface area contributed by atoms with Crippen LogP contribution in [0, 0.1) is 5.41 Å². The molecule has 150 valence electrons. The molecule has 6 heteroatoms. The summed E-state index contributed by atoms with van der Waals surface area (Å²) in [6.45, 7) is 17.9. The normalized spacial score (nSPS) is 36.0. The molecule has 0 spiro atoms. The van der Waals surface area contributed by atoms with Crippen LogP contribution in [0.2, 0.25) is 18.1 Å². The average Bonchev–Trinajstić information content (AvgIpc) is 3.28. The molecule has 3 aliphatic rings. The highest BCUT2D eigenvalue weighted by Gasteiger charge is 2.48. The lowest BCUT2D eigenvalue weighted by molar-refractivity contribution is -0.197. The Morgan fingerprint density at radius 3 is 2.15 bits per heavy atom. The lowest BCUT2D eigenvalue weighted by atomic mass is 9.96. The van der Waals surface area contributed by atoms with Gasteiger partial charge in [-0.25, -0.2) is 0 Å². The molecule has 0 aromatic rings. The summed E-state index contributed by atoms with van der Waals surface area (Å²) < 4.78 is 30.0. The number of rotatable bonds is 5. The van der Waals surface area contributed by atoms with Crippen LogP contribution in [0.25, 0.3) is 0 Å². The molecule has 0 aromatic carbocycles. The summed E-state index contributed by atoms with van der Waals surface area (Å²) in [6.07, 6.45) is 5.03. The lowest BCUT2D eigenvalue weighted by Gasteiger charge is -2.39. The summed E-state index contributed by atoms with van der Waals surface area (Å²) in [5, 5.41) is 0.177. The van der Waals surface area contributed by atoms with E-state index in [9.17, 15) is 0 Å². The second kappa shape index (κ2) is 7.30. The monoisotopic (exact) mass is 384 g/mol. The van der Waals surface area contributed by atoms with E-state index in [-0.39, 0.29) is 41.2 Å². The number of hydrogen-bond acceptors (Lipinski definition) is 5. The van der Waals surface area contributed by atoms with Gasteiger partial charge in [0.1, 0.15) is 12.2 Å². The fourth-order valence-electron chi connectivity index (χ4n) is 3.07. The Morgan fingerprint density at radius 1 is 1.00 bits per heavy atom. The highest BCUT2D eigenvalue weighted by Crippen LogP contribution is 2.41. The molecule has 3 heterocycles. The Kier molecular flexibility index (Phi) is 5.75. The quantitative estimate of drug-likeness (QED) is 0.409. The van der Waals surface area contributed by atoms with Gasteiger partial charge in [0.15, 0.2) is 14.6 Å². The van der Waals surface area contributed by atoms with Gasteiger partial charge >= 0.3 is 0 Å². The maximum Gasteiger partial charge on any atom is 0.192 e. The van der Waals surface area contributed by atoms with Gasteiger partial charge in [0, 0.05) is 11.8 Å². The zero-order valence-corrected chi connectivity index (χ0v) is 18.4. The molecule has 5 nitrogen and oxygen atoms in total. The van der Waals surface area contributed by atoms with Crippen LogP contribution in [-0.4, -0.2) is 58.8 Å². The van der Waals surface area contributed by atoms with E-state index >= 15 is 0 Å². The van der Waals surface area contributed by atoms with E-state index in [1.54, 1.807) is 0 Å². The number of hydrogen-bond donors (Lipinski definition) is 0. The van der Waals surface area contributed by atoms with Gasteiger partial charge in [0.05, 0.1) is 32.0 Å². The van der Waals surface area contributed by atoms with Crippen LogP contribution in [0.1, 0.15) is 41.0 Å². The van der Waals surface area contributed by atoms with Crippen LogP contribution >= 0.6 is 0 Å². The van der Waals surface area contributed by atoms with Crippen LogP contribution < -0.4 is 0 Å². The molecule has 26 heavy (non-hydrogen) atoms.